The molecule has 0 bridgehead atoms. The van der Waals surface area contributed by atoms with Crippen LogP contribution in [-0.2, 0) is 6.54 Å². The van der Waals surface area contributed by atoms with Crippen LogP contribution in [0, 0.1) is 6.92 Å². The van der Waals surface area contributed by atoms with Crippen LogP contribution in [0.15, 0.2) is 58.3 Å². The van der Waals surface area contributed by atoms with E-state index in [1.807, 2.05) is 67.7 Å². The van der Waals surface area contributed by atoms with Gasteiger partial charge in [0.1, 0.15) is 5.58 Å². The first-order chi connectivity index (χ1) is 15.0. The van der Waals surface area contributed by atoms with Crippen molar-refractivity contribution in [2.45, 2.75) is 13.5 Å². The van der Waals surface area contributed by atoms with Crippen LogP contribution in [0.2, 0.25) is 0 Å². The first-order valence-corrected chi connectivity index (χ1v) is 10.9. The van der Waals surface area contributed by atoms with Crippen LogP contribution in [0.25, 0.3) is 33.1 Å². The van der Waals surface area contributed by atoms with Crippen molar-refractivity contribution in [2.24, 2.45) is 0 Å². The molecule has 0 aliphatic heterocycles. The van der Waals surface area contributed by atoms with Crippen molar-refractivity contribution in [3.8, 4) is 11.3 Å². The maximum atomic E-state index is 13.1. The smallest absolute Gasteiger partial charge is 0.293 e. The Morgan fingerprint density at radius 3 is 2.68 bits per heavy atom. The molecule has 156 valence electrons. The van der Waals surface area contributed by atoms with Crippen molar-refractivity contribution in [1.29, 1.82) is 0 Å². The van der Waals surface area contributed by atoms with Gasteiger partial charge in [-0.3, -0.25) is 10.1 Å². The molecule has 7 heteroatoms. The summed E-state index contributed by atoms with van der Waals surface area (Å²) in [6.07, 6.45) is 0. The summed E-state index contributed by atoms with van der Waals surface area (Å²) < 4.78 is 5.92. The number of carbonyl (C=O) groups excluding carboxylic acids is 1. The number of aromatic nitrogens is 2. The fourth-order valence-electron chi connectivity index (χ4n) is 3.96. The summed E-state index contributed by atoms with van der Waals surface area (Å²) in [5.41, 5.74) is 5.61. The van der Waals surface area contributed by atoms with Crippen molar-refractivity contribution in [2.75, 3.05) is 19.4 Å². The average Bonchev–Trinajstić information content (AvgIpc) is 3.43. The van der Waals surface area contributed by atoms with E-state index < -0.39 is 0 Å². The van der Waals surface area contributed by atoms with Crippen molar-refractivity contribution in [3.63, 3.8) is 0 Å². The number of nitrogens with one attached hydrogen (secondary N) is 2. The standard InChI is InChI=1S/C24H22N4O2S/c1-14-21(16-9-4-6-10-18(16)25-14)19-13-31-24(26-19)27-23(29)22-17(12-28(2)3)15-8-5-7-11-20(15)30-22/h4-11,13,25H,12H2,1-3H3,(H,26,27,29). The predicted octanol–water partition coefficient (Wildman–Crippen LogP) is 5.66. The van der Waals surface area contributed by atoms with E-state index in [0.717, 1.165) is 38.8 Å². The molecule has 0 atom stereocenters. The lowest BCUT2D eigenvalue weighted by molar-refractivity contribution is 0.0996. The van der Waals surface area contributed by atoms with Gasteiger partial charge in [-0.2, -0.15) is 0 Å². The van der Waals surface area contributed by atoms with Gasteiger partial charge in [0.2, 0.25) is 0 Å². The Kier molecular flexibility index (Phi) is 4.84. The number of thiazole rings is 1. The van der Waals surface area contributed by atoms with Crippen LogP contribution in [0.5, 0.6) is 0 Å². The van der Waals surface area contributed by atoms with Gasteiger partial charge in [0.05, 0.1) is 5.69 Å². The number of fused-ring (bicyclic) bond motifs is 2. The monoisotopic (exact) mass is 430 g/mol. The summed E-state index contributed by atoms with van der Waals surface area (Å²) in [4.78, 5) is 23.2. The molecule has 0 spiro atoms. The summed E-state index contributed by atoms with van der Waals surface area (Å²) in [5.74, 6) is 0.0412. The van der Waals surface area contributed by atoms with E-state index in [4.69, 9.17) is 4.42 Å². The zero-order chi connectivity index (χ0) is 21.5. The molecule has 5 aromatic rings. The summed E-state index contributed by atoms with van der Waals surface area (Å²) in [6, 6.07) is 15.9. The number of rotatable bonds is 5. The van der Waals surface area contributed by atoms with Crippen molar-refractivity contribution in [3.05, 3.63) is 70.9 Å². The van der Waals surface area contributed by atoms with E-state index in [1.54, 1.807) is 0 Å². The number of hydrogen-bond acceptors (Lipinski definition) is 5. The van der Waals surface area contributed by atoms with Gasteiger partial charge < -0.3 is 14.3 Å². The molecule has 2 aromatic carbocycles. The van der Waals surface area contributed by atoms with Crippen LogP contribution in [0.4, 0.5) is 5.13 Å². The lowest BCUT2D eigenvalue weighted by Gasteiger charge is -2.09. The predicted molar refractivity (Wildman–Crippen MR) is 126 cm³/mol. The molecule has 0 fully saturated rings. The number of nitrogens with zero attached hydrogens (tertiary/aromatic N) is 2. The molecule has 0 saturated carbocycles. The van der Waals surface area contributed by atoms with Gasteiger partial charge in [-0.25, -0.2) is 4.98 Å². The first-order valence-electron chi connectivity index (χ1n) is 10.0. The number of para-hydroxylation sites is 2. The summed E-state index contributed by atoms with van der Waals surface area (Å²) in [5, 5.41) is 7.51. The normalized spacial score (nSPS) is 11.6. The second-order valence-corrected chi connectivity index (χ2v) is 8.66. The Morgan fingerprint density at radius 1 is 1.13 bits per heavy atom. The van der Waals surface area contributed by atoms with Crippen LogP contribution >= 0.6 is 11.3 Å². The summed E-state index contributed by atoms with van der Waals surface area (Å²) >= 11 is 1.41. The number of anilines is 1. The van der Waals surface area contributed by atoms with E-state index >= 15 is 0 Å². The van der Waals surface area contributed by atoms with Gasteiger partial charge in [0.15, 0.2) is 10.9 Å². The highest BCUT2D eigenvalue weighted by molar-refractivity contribution is 7.14. The fraction of sp³-hybridized carbons (Fsp3) is 0.167. The van der Waals surface area contributed by atoms with Crippen molar-refractivity contribution in [1.82, 2.24) is 14.9 Å². The Morgan fingerprint density at radius 2 is 1.87 bits per heavy atom. The highest BCUT2D eigenvalue weighted by atomic mass is 32.1. The second kappa shape index (κ2) is 7.68. The van der Waals surface area contributed by atoms with Crippen LogP contribution in [0.3, 0.4) is 0 Å². The van der Waals surface area contributed by atoms with Crippen LogP contribution in [0.1, 0.15) is 21.8 Å². The SMILES string of the molecule is Cc1[nH]c2ccccc2c1-c1csc(NC(=O)c2oc3ccccc3c2CN(C)C)n1. The third kappa shape index (κ3) is 3.52. The second-order valence-electron chi connectivity index (χ2n) is 7.81. The summed E-state index contributed by atoms with van der Waals surface area (Å²) in [6.45, 7) is 2.65. The quantitative estimate of drug-likeness (QED) is 0.377. The van der Waals surface area contributed by atoms with Crippen LogP contribution in [-0.4, -0.2) is 34.9 Å². The van der Waals surface area contributed by atoms with Gasteiger partial charge in [-0.05, 0) is 33.2 Å². The minimum absolute atomic E-state index is 0.287. The van der Waals surface area contributed by atoms with Crippen LogP contribution < -0.4 is 5.32 Å². The zero-order valence-corrected chi connectivity index (χ0v) is 18.3. The molecular weight excluding hydrogens is 408 g/mol. The maximum Gasteiger partial charge on any atom is 0.293 e. The van der Waals surface area contributed by atoms with E-state index in [-0.39, 0.29) is 5.91 Å². The van der Waals surface area contributed by atoms with E-state index in [2.05, 4.69) is 27.4 Å². The highest BCUT2D eigenvalue weighted by Gasteiger charge is 2.22. The molecule has 2 N–H and O–H groups in total. The molecule has 1 amide bonds. The van der Waals surface area contributed by atoms with Gasteiger partial charge in [0.25, 0.3) is 5.91 Å². The highest BCUT2D eigenvalue weighted by Crippen LogP contribution is 2.34. The van der Waals surface area contributed by atoms with Crippen molar-refractivity contribution < 1.29 is 9.21 Å². The third-order valence-electron chi connectivity index (χ3n) is 5.25. The molecular formula is C24H22N4O2S. The number of furan rings is 1. The maximum absolute atomic E-state index is 13.1. The number of H-pyrrole nitrogens is 1. The fourth-order valence-corrected chi connectivity index (χ4v) is 4.66. The molecule has 0 unspecified atom stereocenters. The molecule has 0 aliphatic carbocycles. The molecule has 0 aliphatic rings. The lowest BCUT2D eigenvalue weighted by Crippen LogP contribution is -2.17. The average molecular weight is 431 g/mol. The number of hydrogen-bond donors (Lipinski definition) is 2. The first kappa shape index (κ1) is 19.5. The molecule has 6 nitrogen and oxygen atoms in total. The minimum Gasteiger partial charge on any atom is -0.451 e. The van der Waals surface area contributed by atoms with Gasteiger partial charge in [-0.1, -0.05) is 36.4 Å². The lowest BCUT2D eigenvalue weighted by atomic mass is 10.1. The summed E-state index contributed by atoms with van der Waals surface area (Å²) in [7, 11) is 3.94. The zero-order valence-electron chi connectivity index (χ0n) is 17.5. The number of aromatic amines is 1. The van der Waals surface area contributed by atoms with Gasteiger partial charge >= 0.3 is 0 Å². The molecule has 0 radical (unpaired) electrons. The Hall–Kier alpha value is -3.42. The Balaban J connectivity index is 1.47. The minimum atomic E-state index is -0.287. The van der Waals surface area contributed by atoms with E-state index in [0.29, 0.717) is 23.0 Å². The molecule has 31 heavy (non-hydrogen) atoms. The third-order valence-corrected chi connectivity index (χ3v) is 6.01. The largest absolute Gasteiger partial charge is 0.451 e. The topological polar surface area (TPSA) is 74.2 Å². The number of amides is 1. The number of carbonyl (C=O) groups is 1. The molecule has 3 aromatic heterocycles. The van der Waals surface area contributed by atoms with Gasteiger partial charge in [0, 0.05) is 45.0 Å². The van der Waals surface area contributed by atoms with E-state index in [1.165, 1.54) is 11.3 Å². The number of benzene rings is 2. The Labute approximate surface area is 183 Å². The van der Waals surface area contributed by atoms with Crippen molar-refractivity contribution >= 4 is 44.2 Å². The molecule has 5 rings (SSSR count). The van der Waals surface area contributed by atoms with Gasteiger partial charge in [-0.15, -0.1) is 11.3 Å². The molecule has 0 saturated heterocycles. The Bertz CT molecular complexity index is 1410. The van der Waals surface area contributed by atoms with E-state index in [9.17, 15) is 4.79 Å². The number of aryl methyl sites for hydroxylation is 1. The molecule has 3 heterocycles.